The SMILES string of the molecule is Cc1ccc(Cn2cccc2CN(Cc2ccccc2)C(=S)Nc2cccc(C(F)(F)F)c2)c(C)c1. The zero-order valence-corrected chi connectivity index (χ0v) is 21.0. The summed E-state index contributed by atoms with van der Waals surface area (Å²) in [5.41, 5.74) is 5.39. The lowest BCUT2D eigenvalue weighted by atomic mass is 10.1. The summed E-state index contributed by atoms with van der Waals surface area (Å²) >= 11 is 5.70. The van der Waals surface area contributed by atoms with Crippen molar-refractivity contribution in [2.45, 2.75) is 39.7 Å². The lowest BCUT2D eigenvalue weighted by Gasteiger charge is -2.27. The largest absolute Gasteiger partial charge is 0.416 e. The van der Waals surface area contributed by atoms with Crippen molar-refractivity contribution in [3.05, 3.63) is 125 Å². The normalized spacial score (nSPS) is 11.4. The molecule has 0 bridgehead atoms. The molecule has 1 heterocycles. The Bertz CT molecular complexity index is 1330. The first kappa shape index (κ1) is 25.5. The van der Waals surface area contributed by atoms with Gasteiger partial charge < -0.3 is 14.8 Å². The van der Waals surface area contributed by atoms with Gasteiger partial charge in [0, 0.05) is 30.7 Å². The van der Waals surface area contributed by atoms with E-state index in [0.717, 1.165) is 29.9 Å². The van der Waals surface area contributed by atoms with Crippen LogP contribution in [0.2, 0.25) is 0 Å². The highest BCUT2D eigenvalue weighted by Gasteiger charge is 2.30. The van der Waals surface area contributed by atoms with Crippen LogP contribution in [0.4, 0.5) is 18.9 Å². The zero-order chi connectivity index (χ0) is 25.7. The van der Waals surface area contributed by atoms with Gasteiger partial charge in [0.25, 0.3) is 0 Å². The third kappa shape index (κ3) is 6.55. The van der Waals surface area contributed by atoms with Gasteiger partial charge in [-0.05, 0) is 73.1 Å². The number of nitrogens with one attached hydrogen (secondary N) is 1. The molecule has 3 aromatic carbocycles. The standard InChI is InChI=1S/C29H28F3N3S/c1-21-13-14-24(22(2)16-21)19-34-15-7-12-27(34)20-35(18-23-8-4-3-5-9-23)28(36)33-26-11-6-10-25(17-26)29(30,31)32/h3-17H,18-20H2,1-2H3,(H,33,36). The lowest BCUT2D eigenvalue weighted by Crippen LogP contribution is -2.34. The van der Waals surface area contributed by atoms with E-state index in [4.69, 9.17) is 12.2 Å². The number of aryl methyl sites for hydroxylation is 2. The van der Waals surface area contributed by atoms with Crippen LogP contribution in [-0.4, -0.2) is 14.6 Å². The summed E-state index contributed by atoms with van der Waals surface area (Å²) in [7, 11) is 0. The fraction of sp³-hybridized carbons (Fsp3) is 0.207. The number of benzene rings is 3. The van der Waals surface area contributed by atoms with Gasteiger partial charge in [-0.15, -0.1) is 0 Å². The van der Waals surface area contributed by atoms with Crippen molar-refractivity contribution in [1.29, 1.82) is 0 Å². The number of thiocarbonyl (C=S) groups is 1. The van der Waals surface area contributed by atoms with Crippen LogP contribution in [0, 0.1) is 13.8 Å². The number of hydrogen-bond acceptors (Lipinski definition) is 1. The van der Waals surface area contributed by atoms with E-state index in [0.29, 0.717) is 23.9 Å². The molecule has 0 amide bonds. The van der Waals surface area contributed by atoms with Gasteiger partial charge in [-0.25, -0.2) is 0 Å². The number of aromatic nitrogens is 1. The quantitative estimate of drug-likeness (QED) is 0.261. The molecule has 0 spiro atoms. The van der Waals surface area contributed by atoms with Crippen molar-refractivity contribution in [3.63, 3.8) is 0 Å². The van der Waals surface area contributed by atoms with Crippen LogP contribution in [0.5, 0.6) is 0 Å². The average Bonchev–Trinajstić information content (AvgIpc) is 3.27. The number of rotatable bonds is 7. The first-order valence-electron chi connectivity index (χ1n) is 11.7. The first-order valence-corrected chi connectivity index (χ1v) is 12.1. The summed E-state index contributed by atoms with van der Waals surface area (Å²) in [5, 5.41) is 3.38. The highest BCUT2D eigenvalue weighted by Crippen LogP contribution is 2.30. The maximum Gasteiger partial charge on any atom is 0.416 e. The van der Waals surface area contributed by atoms with Gasteiger partial charge in [0.15, 0.2) is 5.11 Å². The van der Waals surface area contributed by atoms with Crippen molar-refractivity contribution in [3.8, 4) is 0 Å². The minimum atomic E-state index is -4.42. The highest BCUT2D eigenvalue weighted by molar-refractivity contribution is 7.80. The lowest BCUT2D eigenvalue weighted by molar-refractivity contribution is -0.137. The molecule has 0 saturated heterocycles. The second-order valence-corrected chi connectivity index (χ2v) is 9.29. The second-order valence-electron chi connectivity index (χ2n) is 8.91. The predicted molar refractivity (Wildman–Crippen MR) is 143 cm³/mol. The topological polar surface area (TPSA) is 20.2 Å². The van der Waals surface area contributed by atoms with Crippen molar-refractivity contribution < 1.29 is 13.2 Å². The van der Waals surface area contributed by atoms with Crippen LogP contribution in [-0.2, 0) is 25.8 Å². The zero-order valence-electron chi connectivity index (χ0n) is 20.2. The van der Waals surface area contributed by atoms with Crippen LogP contribution in [0.25, 0.3) is 0 Å². The fourth-order valence-corrected chi connectivity index (χ4v) is 4.38. The predicted octanol–water partition coefficient (Wildman–Crippen LogP) is 7.57. The summed E-state index contributed by atoms with van der Waals surface area (Å²) in [6.45, 7) is 5.93. The molecule has 0 aliphatic rings. The molecule has 0 atom stereocenters. The van der Waals surface area contributed by atoms with Crippen LogP contribution < -0.4 is 5.32 Å². The number of hydrogen-bond donors (Lipinski definition) is 1. The molecule has 4 aromatic rings. The molecule has 36 heavy (non-hydrogen) atoms. The van der Waals surface area contributed by atoms with Crippen molar-refractivity contribution in [2.24, 2.45) is 0 Å². The van der Waals surface area contributed by atoms with Crippen LogP contribution in [0.15, 0.2) is 91.1 Å². The van der Waals surface area contributed by atoms with Crippen LogP contribution in [0.3, 0.4) is 0 Å². The van der Waals surface area contributed by atoms with E-state index in [-0.39, 0.29) is 0 Å². The third-order valence-electron chi connectivity index (χ3n) is 6.06. The monoisotopic (exact) mass is 507 g/mol. The summed E-state index contributed by atoms with van der Waals surface area (Å²) in [6, 6.07) is 25.5. The molecule has 186 valence electrons. The highest BCUT2D eigenvalue weighted by atomic mass is 32.1. The summed E-state index contributed by atoms with van der Waals surface area (Å²) in [6.07, 6.45) is -2.38. The number of anilines is 1. The summed E-state index contributed by atoms with van der Waals surface area (Å²) < 4.78 is 41.8. The molecule has 0 radical (unpaired) electrons. The minimum absolute atomic E-state index is 0.304. The van der Waals surface area contributed by atoms with Gasteiger partial charge in [-0.2, -0.15) is 13.2 Å². The maximum absolute atomic E-state index is 13.2. The second kappa shape index (κ2) is 11.0. The van der Waals surface area contributed by atoms with Gasteiger partial charge in [0.1, 0.15) is 0 Å². The molecule has 0 fully saturated rings. The smallest absolute Gasteiger partial charge is 0.345 e. The van der Waals surface area contributed by atoms with Gasteiger partial charge in [-0.1, -0.05) is 60.2 Å². The number of nitrogens with zero attached hydrogens (tertiary/aromatic N) is 2. The van der Waals surface area contributed by atoms with Crippen molar-refractivity contribution in [2.75, 3.05) is 5.32 Å². The van der Waals surface area contributed by atoms with Gasteiger partial charge >= 0.3 is 6.18 Å². The van der Waals surface area contributed by atoms with Crippen molar-refractivity contribution >= 4 is 23.0 Å². The molecule has 0 aliphatic heterocycles. The van der Waals surface area contributed by atoms with Gasteiger partial charge in [0.2, 0.25) is 0 Å². The van der Waals surface area contributed by atoms with E-state index in [1.54, 1.807) is 6.07 Å². The average molecular weight is 508 g/mol. The Hall–Kier alpha value is -3.58. The van der Waals surface area contributed by atoms with Crippen LogP contribution in [0.1, 0.15) is 33.5 Å². The van der Waals surface area contributed by atoms with E-state index in [1.165, 1.54) is 22.8 Å². The summed E-state index contributed by atoms with van der Waals surface area (Å²) in [4.78, 5) is 1.97. The van der Waals surface area contributed by atoms with Gasteiger partial charge in [0.05, 0.1) is 12.1 Å². The number of halogens is 3. The Balaban J connectivity index is 1.57. The molecule has 1 aromatic heterocycles. The Morgan fingerprint density at radius 3 is 2.39 bits per heavy atom. The summed E-state index contributed by atoms with van der Waals surface area (Å²) in [5.74, 6) is 0. The van der Waals surface area contributed by atoms with E-state index < -0.39 is 11.7 Å². The molecule has 0 saturated carbocycles. The van der Waals surface area contributed by atoms with Gasteiger partial charge in [-0.3, -0.25) is 0 Å². The molecule has 3 nitrogen and oxygen atoms in total. The maximum atomic E-state index is 13.2. The van der Waals surface area contributed by atoms with Crippen LogP contribution >= 0.6 is 12.2 Å². The Morgan fingerprint density at radius 1 is 0.889 bits per heavy atom. The molecule has 0 unspecified atom stereocenters. The third-order valence-corrected chi connectivity index (χ3v) is 6.42. The fourth-order valence-electron chi connectivity index (χ4n) is 4.13. The molecule has 1 N–H and O–H groups in total. The van der Waals surface area contributed by atoms with Crippen molar-refractivity contribution in [1.82, 2.24) is 9.47 Å². The van der Waals surface area contributed by atoms with E-state index in [9.17, 15) is 13.2 Å². The van der Waals surface area contributed by atoms with E-state index in [1.807, 2.05) is 47.5 Å². The Morgan fingerprint density at radius 2 is 1.67 bits per heavy atom. The molecular formula is C29H28F3N3S. The Kier molecular flexibility index (Phi) is 7.79. The van der Waals surface area contributed by atoms with E-state index in [2.05, 4.69) is 48.0 Å². The van der Waals surface area contributed by atoms with E-state index >= 15 is 0 Å². The molecule has 7 heteroatoms. The Labute approximate surface area is 215 Å². The molecule has 0 aliphatic carbocycles. The minimum Gasteiger partial charge on any atom is -0.345 e. The number of alkyl halides is 3. The molecular weight excluding hydrogens is 479 g/mol. The molecule has 4 rings (SSSR count). The first-order chi connectivity index (χ1) is 17.2.